The highest BCUT2D eigenvalue weighted by Crippen LogP contribution is 2.32. The van der Waals surface area contributed by atoms with E-state index in [0.717, 1.165) is 37.4 Å². The van der Waals surface area contributed by atoms with Gasteiger partial charge in [0.05, 0.1) is 12.8 Å². The topological polar surface area (TPSA) is 32.7 Å². The molecule has 1 aromatic carbocycles. The Morgan fingerprint density at radius 1 is 1.24 bits per heavy atom. The molecule has 2 rings (SSSR count). The number of piperidine rings is 1. The molecule has 1 atom stereocenters. The molecule has 1 saturated heterocycles. The molecule has 1 heterocycles. The van der Waals surface area contributed by atoms with Gasteiger partial charge in [0.1, 0.15) is 5.75 Å². The maximum absolute atomic E-state index is 9.27. The zero-order chi connectivity index (χ0) is 16.3. The van der Waals surface area contributed by atoms with Crippen molar-refractivity contribution in [2.45, 2.75) is 47.5 Å². The standard InChI is InChI=1S/C14H21NO2.2C2H6/c1-11-5-6-13(14(8-11)17-2)15-7-3-4-12(9-15)10-16;2*1-2/h5-6,8,12,16H,3-4,7,9-10H2,1-2H3;2*1-2H3. The molecule has 122 valence electrons. The quantitative estimate of drug-likeness (QED) is 0.904. The number of aliphatic hydroxyl groups excluding tert-OH is 1. The van der Waals surface area contributed by atoms with Gasteiger partial charge < -0.3 is 14.7 Å². The summed E-state index contributed by atoms with van der Waals surface area (Å²) in [7, 11) is 1.71. The van der Waals surface area contributed by atoms with E-state index in [2.05, 4.69) is 30.0 Å². The fourth-order valence-corrected chi connectivity index (χ4v) is 2.48. The lowest BCUT2D eigenvalue weighted by Gasteiger charge is -2.34. The highest BCUT2D eigenvalue weighted by molar-refractivity contribution is 5.60. The smallest absolute Gasteiger partial charge is 0.142 e. The Balaban J connectivity index is 0.000000921. The van der Waals surface area contributed by atoms with Gasteiger partial charge in [-0.2, -0.15) is 0 Å². The van der Waals surface area contributed by atoms with Gasteiger partial charge in [0.15, 0.2) is 0 Å². The molecule has 1 aliphatic rings. The van der Waals surface area contributed by atoms with E-state index in [1.54, 1.807) is 7.11 Å². The predicted molar refractivity (Wildman–Crippen MR) is 92.4 cm³/mol. The molecule has 3 heteroatoms. The summed E-state index contributed by atoms with van der Waals surface area (Å²) in [6.45, 7) is 12.3. The Bertz CT molecular complexity index is 379. The van der Waals surface area contributed by atoms with Crippen molar-refractivity contribution in [3.63, 3.8) is 0 Å². The number of ether oxygens (including phenoxy) is 1. The van der Waals surface area contributed by atoms with Crippen molar-refractivity contribution in [3.05, 3.63) is 23.8 Å². The Morgan fingerprint density at radius 2 is 1.90 bits per heavy atom. The molecular formula is C18H33NO2. The van der Waals surface area contributed by atoms with E-state index < -0.39 is 0 Å². The van der Waals surface area contributed by atoms with Gasteiger partial charge in [0.25, 0.3) is 0 Å². The van der Waals surface area contributed by atoms with Crippen LogP contribution in [0.25, 0.3) is 0 Å². The maximum atomic E-state index is 9.27. The van der Waals surface area contributed by atoms with Gasteiger partial charge in [-0.05, 0) is 43.4 Å². The zero-order valence-electron chi connectivity index (χ0n) is 14.6. The summed E-state index contributed by atoms with van der Waals surface area (Å²) < 4.78 is 5.44. The van der Waals surface area contributed by atoms with Crippen molar-refractivity contribution in [3.8, 4) is 5.75 Å². The van der Waals surface area contributed by atoms with Crippen molar-refractivity contribution >= 4 is 5.69 Å². The lowest BCUT2D eigenvalue weighted by atomic mass is 9.98. The Morgan fingerprint density at radius 3 is 2.48 bits per heavy atom. The van der Waals surface area contributed by atoms with E-state index >= 15 is 0 Å². The summed E-state index contributed by atoms with van der Waals surface area (Å²) >= 11 is 0. The second-order valence-corrected chi connectivity index (χ2v) is 4.81. The summed E-state index contributed by atoms with van der Waals surface area (Å²) in [5.74, 6) is 1.33. The van der Waals surface area contributed by atoms with E-state index in [1.807, 2.05) is 27.7 Å². The Kier molecular flexibility index (Phi) is 10.8. The number of nitrogens with zero attached hydrogens (tertiary/aromatic N) is 1. The van der Waals surface area contributed by atoms with Gasteiger partial charge in [-0.25, -0.2) is 0 Å². The Hall–Kier alpha value is -1.22. The highest BCUT2D eigenvalue weighted by atomic mass is 16.5. The number of methoxy groups -OCH3 is 1. The van der Waals surface area contributed by atoms with E-state index in [9.17, 15) is 5.11 Å². The van der Waals surface area contributed by atoms with Gasteiger partial charge in [-0.3, -0.25) is 0 Å². The monoisotopic (exact) mass is 295 g/mol. The molecule has 0 radical (unpaired) electrons. The van der Waals surface area contributed by atoms with E-state index in [4.69, 9.17) is 4.74 Å². The summed E-state index contributed by atoms with van der Waals surface area (Å²) in [6.07, 6.45) is 2.27. The van der Waals surface area contributed by atoms with Crippen molar-refractivity contribution in [1.29, 1.82) is 0 Å². The average Bonchev–Trinajstić information content (AvgIpc) is 2.58. The molecule has 1 aliphatic heterocycles. The summed E-state index contributed by atoms with van der Waals surface area (Å²) in [5, 5.41) is 9.27. The van der Waals surface area contributed by atoms with Crippen LogP contribution in [0.15, 0.2) is 18.2 Å². The molecule has 0 spiro atoms. The molecule has 0 bridgehead atoms. The summed E-state index contributed by atoms with van der Waals surface area (Å²) in [6, 6.07) is 6.30. The van der Waals surface area contributed by atoms with Crippen molar-refractivity contribution in [2.24, 2.45) is 5.92 Å². The lowest BCUT2D eigenvalue weighted by molar-refractivity contribution is 0.208. The summed E-state index contributed by atoms with van der Waals surface area (Å²) in [5.41, 5.74) is 2.36. The molecule has 0 amide bonds. The van der Waals surface area contributed by atoms with E-state index in [1.165, 1.54) is 5.56 Å². The SMILES string of the molecule is CC.CC.COc1cc(C)ccc1N1CCCC(CO)C1. The third kappa shape index (κ3) is 5.96. The normalized spacial score (nSPS) is 17.1. The summed E-state index contributed by atoms with van der Waals surface area (Å²) in [4.78, 5) is 2.32. The number of hydrogen-bond donors (Lipinski definition) is 1. The van der Waals surface area contributed by atoms with Crippen LogP contribution in [0.1, 0.15) is 46.1 Å². The van der Waals surface area contributed by atoms with Crippen LogP contribution in [0.2, 0.25) is 0 Å². The first-order chi connectivity index (χ1) is 10.2. The molecule has 1 aromatic rings. The molecule has 0 saturated carbocycles. The van der Waals surface area contributed by atoms with Gasteiger partial charge in [0.2, 0.25) is 0 Å². The van der Waals surface area contributed by atoms with Crippen LogP contribution in [0.5, 0.6) is 5.75 Å². The van der Waals surface area contributed by atoms with Gasteiger partial charge in [0, 0.05) is 19.7 Å². The number of hydrogen-bond acceptors (Lipinski definition) is 3. The van der Waals surface area contributed by atoms with Crippen LogP contribution < -0.4 is 9.64 Å². The maximum Gasteiger partial charge on any atom is 0.142 e. The number of rotatable bonds is 3. The molecule has 3 nitrogen and oxygen atoms in total. The largest absolute Gasteiger partial charge is 0.495 e. The van der Waals surface area contributed by atoms with Crippen molar-refractivity contribution < 1.29 is 9.84 Å². The average molecular weight is 295 g/mol. The minimum absolute atomic E-state index is 0.282. The number of aryl methyl sites for hydroxylation is 1. The molecule has 1 N–H and O–H groups in total. The van der Waals surface area contributed by atoms with Crippen molar-refractivity contribution in [1.82, 2.24) is 0 Å². The fourth-order valence-electron chi connectivity index (χ4n) is 2.48. The fraction of sp³-hybridized carbons (Fsp3) is 0.667. The van der Waals surface area contributed by atoms with Crippen LogP contribution >= 0.6 is 0 Å². The van der Waals surface area contributed by atoms with Gasteiger partial charge in [-0.1, -0.05) is 33.8 Å². The second-order valence-electron chi connectivity index (χ2n) is 4.81. The number of anilines is 1. The molecular weight excluding hydrogens is 262 g/mol. The molecule has 21 heavy (non-hydrogen) atoms. The molecule has 0 aromatic heterocycles. The van der Waals surface area contributed by atoms with Crippen LogP contribution in [-0.2, 0) is 0 Å². The third-order valence-electron chi connectivity index (χ3n) is 3.45. The highest BCUT2D eigenvalue weighted by Gasteiger charge is 2.21. The first-order valence-corrected chi connectivity index (χ1v) is 8.25. The number of aliphatic hydroxyl groups is 1. The number of benzene rings is 1. The minimum Gasteiger partial charge on any atom is -0.495 e. The van der Waals surface area contributed by atoms with Gasteiger partial charge >= 0.3 is 0 Å². The lowest BCUT2D eigenvalue weighted by Crippen LogP contribution is -2.36. The predicted octanol–water partition coefficient (Wildman–Crippen LogP) is 4.26. The van der Waals surface area contributed by atoms with E-state index in [-0.39, 0.29) is 6.61 Å². The Labute approximate surface area is 130 Å². The van der Waals surface area contributed by atoms with Crippen molar-refractivity contribution in [2.75, 3.05) is 31.7 Å². The van der Waals surface area contributed by atoms with Crippen LogP contribution in [-0.4, -0.2) is 31.9 Å². The van der Waals surface area contributed by atoms with Crippen LogP contribution in [0, 0.1) is 12.8 Å². The third-order valence-corrected chi connectivity index (χ3v) is 3.45. The van der Waals surface area contributed by atoms with Crippen LogP contribution in [0.4, 0.5) is 5.69 Å². The zero-order valence-corrected chi connectivity index (χ0v) is 14.6. The molecule has 1 fully saturated rings. The first-order valence-electron chi connectivity index (χ1n) is 8.25. The first kappa shape index (κ1) is 19.8. The molecule has 0 aliphatic carbocycles. The van der Waals surface area contributed by atoms with E-state index in [0.29, 0.717) is 5.92 Å². The van der Waals surface area contributed by atoms with Gasteiger partial charge in [-0.15, -0.1) is 0 Å². The second kappa shape index (κ2) is 11.4. The van der Waals surface area contributed by atoms with Crippen LogP contribution in [0.3, 0.4) is 0 Å². The molecule has 1 unspecified atom stereocenters. The minimum atomic E-state index is 0.282.